The van der Waals surface area contributed by atoms with Gasteiger partial charge in [0, 0.05) is 45.8 Å². The van der Waals surface area contributed by atoms with E-state index in [1.54, 1.807) is 7.05 Å². The van der Waals surface area contributed by atoms with Gasteiger partial charge in [0.05, 0.1) is 13.2 Å². The number of aliphatic imine (C=N–C) groups is 1. The minimum absolute atomic E-state index is 0.503. The maximum atomic E-state index is 13.3. The summed E-state index contributed by atoms with van der Waals surface area (Å²) in [6, 6.07) is 11.9. The second-order valence-electron chi connectivity index (χ2n) is 7.04. The number of hydrogen-bond donors (Lipinski definition) is 2. The Hall–Kier alpha value is -2.51. The molecule has 0 amide bonds. The summed E-state index contributed by atoms with van der Waals surface area (Å²) >= 11 is 0. The van der Waals surface area contributed by atoms with E-state index < -0.39 is 11.6 Å². The summed E-state index contributed by atoms with van der Waals surface area (Å²) in [5.74, 6) is -0.457. The summed E-state index contributed by atoms with van der Waals surface area (Å²) in [7, 11) is 1.71. The van der Waals surface area contributed by atoms with Crippen molar-refractivity contribution in [3.05, 3.63) is 70.8 Å². The van der Waals surface area contributed by atoms with Crippen molar-refractivity contribution < 1.29 is 13.5 Å². The van der Waals surface area contributed by atoms with Crippen LogP contribution in [0.25, 0.3) is 0 Å². The topological polar surface area (TPSA) is 48.9 Å². The fourth-order valence-electron chi connectivity index (χ4n) is 3.36. The average Bonchev–Trinajstić information content (AvgIpc) is 2.71. The van der Waals surface area contributed by atoms with E-state index in [-0.39, 0.29) is 0 Å². The fraction of sp³-hybridized carbons (Fsp3) is 0.409. The van der Waals surface area contributed by atoms with E-state index in [0.29, 0.717) is 31.0 Å². The number of halogens is 2. The van der Waals surface area contributed by atoms with Crippen LogP contribution in [0, 0.1) is 11.6 Å². The lowest BCUT2D eigenvalue weighted by Crippen LogP contribution is -2.38. The molecule has 1 aliphatic heterocycles. The number of nitrogens with one attached hydrogen (secondary N) is 2. The molecule has 0 unspecified atom stereocenters. The van der Waals surface area contributed by atoms with Gasteiger partial charge in [0.15, 0.2) is 5.96 Å². The van der Waals surface area contributed by atoms with E-state index in [9.17, 15) is 8.78 Å². The van der Waals surface area contributed by atoms with Crippen LogP contribution in [0.2, 0.25) is 0 Å². The monoisotopic (exact) mass is 402 g/mol. The standard InChI is InChI=1S/C22H28F2N4O/c1-25-22(26-7-6-17-12-20(23)14-21(24)13-17)27-15-18-4-2-3-5-19(18)16-28-8-10-29-11-9-28/h2-5,12-14H,6-11,15-16H2,1H3,(H2,25,26,27). The first-order valence-electron chi connectivity index (χ1n) is 9.90. The largest absolute Gasteiger partial charge is 0.379 e. The third-order valence-corrected chi connectivity index (χ3v) is 4.91. The van der Waals surface area contributed by atoms with Gasteiger partial charge in [-0.1, -0.05) is 24.3 Å². The fourth-order valence-corrected chi connectivity index (χ4v) is 3.36. The molecule has 7 heteroatoms. The summed E-state index contributed by atoms with van der Waals surface area (Å²) in [6.07, 6.45) is 0.503. The normalized spacial score (nSPS) is 15.3. The summed E-state index contributed by atoms with van der Waals surface area (Å²) in [5.41, 5.74) is 3.11. The van der Waals surface area contributed by atoms with Gasteiger partial charge in [-0.15, -0.1) is 0 Å². The minimum atomic E-state index is -0.556. The molecule has 0 aliphatic carbocycles. The number of nitrogens with zero attached hydrogens (tertiary/aromatic N) is 2. The Bertz CT molecular complexity index is 802. The Balaban J connectivity index is 1.50. The van der Waals surface area contributed by atoms with Gasteiger partial charge in [0.25, 0.3) is 0 Å². The van der Waals surface area contributed by atoms with Gasteiger partial charge in [-0.3, -0.25) is 9.89 Å². The molecule has 5 nitrogen and oxygen atoms in total. The molecular weight excluding hydrogens is 374 g/mol. The van der Waals surface area contributed by atoms with Crippen molar-refractivity contribution in [1.29, 1.82) is 0 Å². The molecule has 1 fully saturated rings. The third-order valence-electron chi connectivity index (χ3n) is 4.91. The molecule has 3 rings (SSSR count). The summed E-state index contributed by atoms with van der Waals surface area (Å²) < 4.78 is 32.0. The molecule has 2 N–H and O–H groups in total. The number of rotatable bonds is 7. The van der Waals surface area contributed by atoms with Crippen LogP contribution < -0.4 is 10.6 Å². The Labute approximate surface area is 170 Å². The van der Waals surface area contributed by atoms with E-state index in [4.69, 9.17) is 4.74 Å². The number of hydrogen-bond acceptors (Lipinski definition) is 3. The highest BCUT2D eigenvalue weighted by Crippen LogP contribution is 2.13. The zero-order chi connectivity index (χ0) is 20.5. The maximum absolute atomic E-state index is 13.3. The molecule has 0 aromatic heterocycles. The van der Waals surface area contributed by atoms with Crippen molar-refractivity contribution in [1.82, 2.24) is 15.5 Å². The summed E-state index contributed by atoms with van der Waals surface area (Å²) in [4.78, 5) is 6.63. The minimum Gasteiger partial charge on any atom is -0.379 e. The van der Waals surface area contributed by atoms with Crippen molar-refractivity contribution in [3.8, 4) is 0 Å². The Morgan fingerprint density at radius 1 is 1.03 bits per heavy atom. The van der Waals surface area contributed by atoms with Gasteiger partial charge in [-0.05, 0) is 35.2 Å². The first kappa shape index (κ1) is 21.2. The molecule has 1 heterocycles. The molecule has 0 saturated carbocycles. The lowest BCUT2D eigenvalue weighted by Gasteiger charge is -2.27. The summed E-state index contributed by atoms with van der Waals surface area (Å²) in [6.45, 7) is 5.54. The van der Waals surface area contributed by atoms with Crippen molar-refractivity contribution in [2.45, 2.75) is 19.5 Å². The zero-order valence-corrected chi connectivity index (χ0v) is 16.8. The Morgan fingerprint density at radius 3 is 2.41 bits per heavy atom. The van der Waals surface area contributed by atoms with Crippen LogP contribution in [0.5, 0.6) is 0 Å². The molecule has 1 saturated heterocycles. The maximum Gasteiger partial charge on any atom is 0.191 e. The average molecular weight is 402 g/mol. The number of benzene rings is 2. The Kier molecular flexibility index (Phi) is 7.95. The van der Waals surface area contributed by atoms with Crippen LogP contribution in [0.3, 0.4) is 0 Å². The second kappa shape index (κ2) is 10.9. The lowest BCUT2D eigenvalue weighted by atomic mass is 10.1. The van der Waals surface area contributed by atoms with Gasteiger partial charge in [-0.25, -0.2) is 8.78 Å². The molecule has 0 spiro atoms. The third kappa shape index (κ3) is 6.80. The summed E-state index contributed by atoms with van der Waals surface area (Å²) in [5, 5.41) is 6.51. The van der Waals surface area contributed by atoms with Crippen LogP contribution in [-0.4, -0.2) is 50.8 Å². The van der Waals surface area contributed by atoms with Gasteiger partial charge < -0.3 is 15.4 Å². The smallest absolute Gasteiger partial charge is 0.191 e. The van der Waals surface area contributed by atoms with Crippen molar-refractivity contribution in [2.75, 3.05) is 39.9 Å². The second-order valence-corrected chi connectivity index (χ2v) is 7.04. The van der Waals surface area contributed by atoms with Crippen LogP contribution in [0.1, 0.15) is 16.7 Å². The van der Waals surface area contributed by atoms with E-state index in [1.165, 1.54) is 23.3 Å². The molecule has 2 aromatic rings. The van der Waals surface area contributed by atoms with Crippen LogP contribution in [0.4, 0.5) is 8.78 Å². The number of ether oxygens (including phenoxy) is 1. The predicted molar refractivity (Wildman–Crippen MR) is 111 cm³/mol. The van der Waals surface area contributed by atoms with Crippen LogP contribution in [0.15, 0.2) is 47.5 Å². The van der Waals surface area contributed by atoms with E-state index in [2.05, 4.69) is 38.7 Å². The molecule has 0 bridgehead atoms. The van der Waals surface area contributed by atoms with E-state index in [0.717, 1.165) is 38.9 Å². The molecule has 29 heavy (non-hydrogen) atoms. The zero-order valence-electron chi connectivity index (χ0n) is 16.8. The van der Waals surface area contributed by atoms with Gasteiger partial charge in [-0.2, -0.15) is 0 Å². The quantitative estimate of drug-likeness (QED) is 0.552. The predicted octanol–water partition coefficient (Wildman–Crippen LogP) is 2.70. The molecule has 0 atom stereocenters. The van der Waals surface area contributed by atoms with E-state index >= 15 is 0 Å². The lowest BCUT2D eigenvalue weighted by molar-refractivity contribution is 0.0341. The highest BCUT2D eigenvalue weighted by Gasteiger charge is 2.12. The number of morpholine rings is 1. The highest BCUT2D eigenvalue weighted by molar-refractivity contribution is 5.79. The van der Waals surface area contributed by atoms with Crippen molar-refractivity contribution in [3.63, 3.8) is 0 Å². The van der Waals surface area contributed by atoms with Gasteiger partial charge >= 0.3 is 0 Å². The molecule has 0 radical (unpaired) electrons. The molecule has 2 aromatic carbocycles. The van der Waals surface area contributed by atoms with Gasteiger partial charge in [0.2, 0.25) is 0 Å². The van der Waals surface area contributed by atoms with Crippen molar-refractivity contribution >= 4 is 5.96 Å². The molecule has 1 aliphatic rings. The Morgan fingerprint density at radius 2 is 1.72 bits per heavy atom. The van der Waals surface area contributed by atoms with Crippen LogP contribution in [-0.2, 0) is 24.2 Å². The van der Waals surface area contributed by atoms with Crippen molar-refractivity contribution in [2.24, 2.45) is 4.99 Å². The first-order valence-corrected chi connectivity index (χ1v) is 9.90. The number of guanidine groups is 1. The first-order chi connectivity index (χ1) is 14.1. The molecular formula is C22H28F2N4O. The SMILES string of the molecule is CN=C(NCCc1cc(F)cc(F)c1)NCc1ccccc1CN1CCOCC1. The van der Waals surface area contributed by atoms with Crippen LogP contribution >= 0.6 is 0 Å². The van der Waals surface area contributed by atoms with E-state index in [1.807, 2.05) is 6.07 Å². The molecule has 156 valence electrons. The van der Waals surface area contributed by atoms with Gasteiger partial charge in [0.1, 0.15) is 11.6 Å². The highest BCUT2D eigenvalue weighted by atomic mass is 19.1.